The lowest BCUT2D eigenvalue weighted by Crippen LogP contribution is -2.44. The fourth-order valence-corrected chi connectivity index (χ4v) is 1.43. The first kappa shape index (κ1) is 10.9. The van der Waals surface area contributed by atoms with Gasteiger partial charge in [0.2, 0.25) is 0 Å². The largest absolute Gasteiger partial charge is 0.389 e. The molecule has 1 heterocycles. The molecule has 0 amide bonds. The van der Waals surface area contributed by atoms with Gasteiger partial charge in [-0.25, -0.2) is 4.39 Å². The van der Waals surface area contributed by atoms with Gasteiger partial charge in [-0.3, -0.25) is 0 Å². The predicted octanol–water partition coefficient (Wildman–Crippen LogP) is 0.331. The lowest BCUT2D eigenvalue weighted by molar-refractivity contribution is 0.128. The Hall–Kier alpha value is -0.190. The predicted molar refractivity (Wildman–Crippen MR) is 48.4 cm³/mol. The van der Waals surface area contributed by atoms with E-state index in [4.69, 9.17) is 9.84 Å². The van der Waals surface area contributed by atoms with Crippen molar-refractivity contribution < 1.29 is 14.2 Å². The van der Waals surface area contributed by atoms with Crippen LogP contribution >= 0.6 is 0 Å². The van der Waals surface area contributed by atoms with E-state index in [1.807, 2.05) is 0 Å². The van der Waals surface area contributed by atoms with Crippen molar-refractivity contribution in [2.45, 2.75) is 26.0 Å². The van der Waals surface area contributed by atoms with Crippen molar-refractivity contribution in [3.05, 3.63) is 0 Å². The number of hydrogen-bond acceptors (Lipinski definition) is 3. The third-order valence-electron chi connectivity index (χ3n) is 2.48. The van der Waals surface area contributed by atoms with Crippen molar-refractivity contribution in [2.24, 2.45) is 5.41 Å². The third kappa shape index (κ3) is 2.90. The van der Waals surface area contributed by atoms with Crippen molar-refractivity contribution in [1.82, 2.24) is 5.32 Å². The first-order valence-electron chi connectivity index (χ1n) is 4.61. The lowest BCUT2D eigenvalue weighted by Gasteiger charge is -2.26. The summed E-state index contributed by atoms with van der Waals surface area (Å²) in [6.07, 6.45) is -0.892. The molecule has 0 aromatic rings. The number of halogens is 1. The average molecular weight is 191 g/mol. The van der Waals surface area contributed by atoms with Crippen LogP contribution in [-0.2, 0) is 4.74 Å². The molecule has 1 fully saturated rings. The van der Waals surface area contributed by atoms with Gasteiger partial charge in [0.05, 0.1) is 19.3 Å². The van der Waals surface area contributed by atoms with Crippen LogP contribution in [0, 0.1) is 5.41 Å². The van der Waals surface area contributed by atoms with E-state index in [0.29, 0.717) is 13.2 Å². The van der Waals surface area contributed by atoms with Gasteiger partial charge in [-0.2, -0.15) is 0 Å². The molecule has 0 spiro atoms. The van der Waals surface area contributed by atoms with Crippen LogP contribution in [0.3, 0.4) is 0 Å². The summed E-state index contributed by atoms with van der Waals surface area (Å²) in [6.45, 7) is 5.16. The summed E-state index contributed by atoms with van der Waals surface area (Å²) in [7, 11) is 0. The Labute approximate surface area is 78.3 Å². The molecule has 78 valence electrons. The fraction of sp³-hybridized carbons (Fsp3) is 1.00. The van der Waals surface area contributed by atoms with E-state index in [1.165, 1.54) is 0 Å². The van der Waals surface area contributed by atoms with Crippen LogP contribution in [0.25, 0.3) is 0 Å². The maximum absolute atomic E-state index is 11.9. The van der Waals surface area contributed by atoms with E-state index in [-0.39, 0.29) is 11.5 Å². The molecule has 4 heteroatoms. The molecule has 0 radical (unpaired) electrons. The SMILES string of the molecule is CC1(C)COCC1NCC(O)CF. The highest BCUT2D eigenvalue weighted by Gasteiger charge is 2.35. The second-order valence-corrected chi connectivity index (χ2v) is 4.27. The first-order valence-corrected chi connectivity index (χ1v) is 4.61. The molecule has 1 aliphatic heterocycles. The highest BCUT2D eigenvalue weighted by atomic mass is 19.1. The van der Waals surface area contributed by atoms with Crippen molar-refractivity contribution in [2.75, 3.05) is 26.4 Å². The Bertz CT molecular complexity index is 164. The molecule has 0 aromatic heterocycles. The highest BCUT2D eigenvalue weighted by Crippen LogP contribution is 2.26. The van der Waals surface area contributed by atoms with Crippen molar-refractivity contribution in [3.63, 3.8) is 0 Å². The normalized spacial score (nSPS) is 29.1. The summed E-state index contributed by atoms with van der Waals surface area (Å²) in [5.74, 6) is 0. The minimum absolute atomic E-state index is 0.0794. The molecule has 3 nitrogen and oxygen atoms in total. The molecule has 2 N–H and O–H groups in total. The van der Waals surface area contributed by atoms with Crippen LogP contribution in [0.4, 0.5) is 4.39 Å². The smallest absolute Gasteiger partial charge is 0.117 e. The minimum Gasteiger partial charge on any atom is -0.389 e. The van der Waals surface area contributed by atoms with Crippen LogP contribution in [0.2, 0.25) is 0 Å². The monoisotopic (exact) mass is 191 g/mol. The minimum atomic E-state index is -0.892. The summed E-state index contributed by atoms with van der Waals surface area (Å²) in [5, 5.41) is 12.1. The summed E-state index contributed by atoms with van der Waals surface area (Å²) in [4.78, 5) is 0. The number of hydrogen-bond donors (Lipinski definition) is 2. The third-order valence-corrected chi connectivity index (χ3v) is 2.48. The molecule has 1 saturated heterocycles. The van der Waals surface area contributed by atoms with E-state index in [9.17, 15) is 4.39 Å². The van der Waals surface area contributed by atoms with Crippen molar-refractivity contribution in [3.8, 4) is 0 Å². The quantitative estimate of drug-likeness (QED) is 0.673. The molecule has 13 heavy (non-hydrogen) atoms. The Kier molecular flexibility index (Phi) is 3.64. The average Bonchev–Trinajstić information content (AvgIpc) is 2.41. The molecule has 0 aromatic carbocycles. The zero-order valence-electron chi connectivity index (χ0n) is 8.22. The summed E-state index contributed by atoms with van der Waals surface area (Å²) in [5.41, 5.74) is 0.0794. The van der Waals surface area contributed by atoms with Gasteiger partial charge >= 0.3 is 0 Å². The molecular formula is C9H18FNO2. The summed E-state index contributed by atoms with van der Waals surface area (Å²) < 4.78 is 17.2. The van der Waals surface area contributed by atoms with E-state index < -0.39 is 12.8 Å². The molecule has 1 rings (SSSR count). The zero-order chi connectivity index (χ0) is 9.90. The number of rotatable bonds is 4. The van der Waals surface area contributed by atoms with Crippen molar-refractivity contribution in [1.29, 1.82) is 0 Å². The van der Waals surface area contributed by atoms with Crippen LogP contribution in [-0.4, -0.2) is 43.7 Å². The van der Waals surface area contributed by atoms with Gasteiger partial charge in [0.15, 0.2) is 0 Å². The van der Waals surface area contributed by atoms with Crippen LogP contribution < -0.4 is 5.32 Å². The van der Waals surface area contributed by atoms with Crippen LogP contribution in [0.5, 0.6) is 0 Å². The van der Waals surface area contributed by atoms with E-state index in [1.54, 1.807) is 0 Å². The zero-order valence-corrected chi connectivity index (χ0v) is 8.22. The standard InChI is InChI=1S/C9H18FNO2/c1-9(2)6-13-5-8(9)11-4-7(12)3-10/h7-8,11-12H,3-6H2,1-2H3. The fourth-order valence-electron chi connectivity index (χ4n) is 1.43. The Morgan fingerprint density at radius 2 is 2.38 bits per heavy atom. The van der Waals surface area contributed by atoms with Crippen LogP contribution in [0.15, 0.2) is 0 Å². The maximum Gasteiger partial charge on any atom is 0.117 e. The van der Waals surface area contributed by atoms with Gasteiger partial charge in [-0.05, 0) is 0 Å². The number of alkyl halides is 1. The number of aliphatic hydroxyl groups is 1. The molecular weight excluding hydrogens is 173 g/mol. The molecule has 0 saturated carbocycles. The summed E-state index contributed by atoms with van der Waals surface area (Å²) >= 11 is 0. The van der Waals surface area contributed by atoms with Gasteiger partial charge in [0.25, 0.3) is 0 Å². The molecule has 2 atom stereocenters. The first-order chi connectivity index (χ1) is 6.06. The van der Waals surface area contributed by atoms with Gasteiger partial charge in [-0.15, -0.1) is 0 Å². The topological polar surface area (TPSA) is 41.5 Å². The number of nitrogens with one attached hydrogen (secondary N) is 1. The Balaban J connectivity index is 2.28. The number of aliphatic hydroxyl groups excluding tert-OH is 1. The Morgan fingerprint density at radius 1 is 1.69 bits per heavy atom. The maximum atomic E-state index is 11.9. The molecule has 0 aliphatic carbocycles. The number of ether oxygens (including phenoxy) is 1. The second-order valence-electron chi connectivity index (χ2n) is 4.27. The van der Waals surface area contributed by atoms with E-state index >= 15 is 0 Å². The van der Waals surface area contributed by atoms with Crippen molar-refractivity contribution >= 4 is 0 Å². The van der Waals surface area contributed by atoms with Gasteiger partial charge in [-0.1, -0.05) is 13.8 Å². The Morgan fingerprint density at radius 3 is 2.85 bits per heavy atom. The van der Waals surface area contributed by atoms with Gasteiger partial charge < -0.3 is 15.2 Å². The van der Waals surface area contributed by atoms with Crippen LogP contribution in [0.1, 0.15) is 13.8 Å². The van der Waals surface area contributed by atoms with Gasteiger partial charge in [0.1, 0.15) is 6.67 Å². The van der Waals surface area contributed by atoms with E-state index in [2.05, 4.69) is 19.2 Å². The summed E-state index contributed by atoms with van der Waals surface area (Å²) in [6, 6.07) is 0.216. The molecule has 2 unspecified atom stereocenters. The van der Waals surface area contributed by atoms with E-state index in [0.717, 1.165) is 6.61 Å². The van der Waals surface area contributed by atoms with Gasteiger partial charge in [0, 0.05) is 18.0 Å². The lowest BCUT2D eigenvalue weighted by atomic mass is 9.88. The molecule has 1 aliphatic rings. The molecule has 0 bridgehead atoms. The second kappa shape index (κ2) is 4.35. The highest BCUT2D eigenvalue weighted by molar-refractivity contribution is 4.89.